The van der Waals surface area contributed by atoms with E-state index in [-0.39, 0.29) is 11.8 Å². The van der Waals surface area contributed by atoms with Gasteiger partial charge in [-0.2, -0.15) is 13.2 Å². The number of halogens is 3. The van der Waals surface area contributed by atoms with Gasteiger partial charge in [0.1, 0.15) is 12.1 Å². The van der Waals surface area contributed by atoms with Gasteiger partial charge < -0.3 is 19.6 Å². The van der Waals surface area contributed by atoms with E-state index >= 15 is 0 Å². The molecule has 2 fully saturated rings. The van der Waals surface area contributed by atoms with E-state index in [1.54, 1.807) is 19.5 Å². The van der Waals surface area contributed by atoms with E-state index in [1.165, 1.54) is 6.33 Å². The van der Waals surface area contributed by atoms with Gasteiger partial charge in [0.15, 0.2) is 0 Å². The number of carbonyl (C=O) groups is 2. The van der Waals surface area contributed by atoms with Crippen LogP contribution in [0.5, 0.6) is 5.88 Å². The summed E-state index contributed by atoms with van der Waals surface area (Å²) < 4.78 is 36.9. The molecule has 0 radical (unpaired) electrons. The molecule has 2 aromatic rings. The molecule has 2 atom stereocenters. The van der Waals surface area contributed by atoms with Crippen LogP contribution in [-0.4, -0.2) is 69.8 Å². The maximum absolute atomic E-state index is 12.9. The van der Waals surface area contributed by atoms with Crippen LogP contribution in [-0.2, 0) is 16.1 Å². The molecule has 4 heterocycles. The summed E-state index contributed by atoms with van der Waals surface area (Å²) in [6, 6.07) is 5.76. The van der Waals surface area contributed by atoms with Gasteiger partial charge in [-0.1, -0.05) is 0 Å². The minimum absolute atomic E-state index is 0.0385. The summed E-state index contributed by atoms with van der Waals surface area (Å²) in [7, 11) is 1.59. The van der Waals surface area contributed by atoms with Gasteiger partial charge in [0.2, 0.25) is 11.8 Å². The molecule has 12 heteroatoms. The van der Waals surface area contributed by atoms with Crippen molar-refractivity contribution in [2.24, 2.45) is 11.8 Å². The highest BCUT2D eigenvalue weighted by Crippen LogP contribution is 2.35. The van der Waals surface area contributed by atoms with Crippen molar-refractivity contribution in [3.63, 3.8) is 0 Å². The van der Waals surface area contributed by atoms with Crippen molar-refractivity contribution >= 4 is 17.7 Å². The van der Waals surface area contributed by atoms with Crippen LogP contribution in [0, 0.1) is 11.8 Å². The molecule has 32 heavy (non-hydrogen) atoms. The number of likely N-dealkylation sites (tertiary alicyclic amines) is 1. The second-order valence-electron chi connectivity index (χ2n) is 7.40. The Bertz CT molecular complexity index is 944. The number of hydrogen-bond acceptors (Lipinski definition) is 7. The van der Waals surface area contributed by atoms with Crippen molar-refractivity contribution in [3.05, 3.63) is 42.5 Å². The maximum atomic E-state index is 12.9. The number of fused-ring (bicyclic) bond motifs is 1. The molecular weight excluding hydrogens is 431 g/mol. The van der Waals surface area contributed by atoms with E-state index in [2.05, 4.69) is 19.9 Å². The van der Waals surface area contributed by atoms with Crippen LogP contribution < -0.4 is 9.64 Å². The zero-order valence-electron chi connectivity index (χ0n) is 17.2. The van der Waals surface area contributed by atoms with Crippen LogP contribution >= 0.6 is 0 Å². The molecule has 2 aliphatic rings. The third kappa shape index (κ3) is 5.62. The monoisotopic (exact) mass is 453 g/mol. The number of alkyl halides is 3. The predicted octanol–water partition coefficient (Wildman–Crippen LogP) is 2.00. The minimum Gasteiger partial charge on any atom is -0.481 e. The second-order valence-corrected chi connectivity index (χ2v) is 7.40. The van der Waals surface area contributed by atoms with Gasteiger partial charge in [-0.25, -0.2) is 14.8 Å². The van der Waals surface area contributed by atoms with Crippen LogP contribution in [0.1, 0.15) is 12.0 Å². The average Bonchev–Trinajstić information content (AvgIpc) is 3.22. The topological polar surface area (TPSA) is 109 Å². The Balaban J connectivity index is 0.000000360. The largest absolute Gasteiger partial charge is 0.490 e. The smallest absolute Gasteiger partial charge is 0.481 e. The van der Waals surface area contributed by atoms with Crippen LogP contribution in [0.4, 0.5) is 19.0 Å². The molecule has 2 aromatic heterocycles. The Morgan fingerprint density at radius 2 is 1.94 bits per heavy atom. The molecule has 9 nitrogen and oxygen atoms in total. The molecule has 2 aliphatic heterocycles. The Morgan fingerprint density at radius 3 is 2.56 bits per heavy atom. The van der Waals surface area contributed by atoms with Crippen LogP contribution in [0.15, 0.2) is 36.9 Å². The van der Waals surface area contributed by atoms with Crippen molar-refractivity contribution in [2.75, 3.05) is 31.6 Å². The lowest BCUT2D eigenvalue weighted by Gasteiger charge is -2.33. The minimum atomic E-state index is -5.08. The standard InChI is InChI=1S/C18H21N5O2.C2HF3O2/c1-25-17-8-16(20-12-21-17)23-10-14-4-7-22(18(24)15(14)11-23)9-13-2-5-19-6-3-13;3-2(4,5)1(6)7/h2-3,5-6,8,12,14-15H,4,7,9-11H2,1H3;(H,6,7). The summed E-state index contributed by atoms with van der Waals surface area (Å²) in [5.74, 6) is -0.706. The number of carbonyl (C=O) groups excluding carboxylic acids is 1. The van der Waals surface area contributed by atoms with E-state index in [0.29, 0.717) is 24.9 Å². The number of nitrogens with zero attached hydrogens (tertiary/aromatic N) is 5. The highest BCUT2D eigenvalue weighted by atomic mass is 19.4. The highest BCUT2D eigenvalue weighted by Gasteiger charge is 2.43. The number of carboxylic acids is 1. The number of methoxy groups -OCH3 is 1. The molecule has 0 aliphatic carbocycles. The molecule has 4 rings (SSSR count). The molecule has 1 amide bonds. The first-order valence-corrected chi connectivity index (χ1v) is 9.77. The summed E-state index contributed by atoms with van der Waals surface area (Å²) in [5, 5.41) is 7.12. The number of amides is 1. The normalized spacial score (nSPS) is 20.3. The first-order valence-electron chi connectivity index (χ1n) is 9.77. The summed E-state index contributed by atoms with van der Waals surface area (Å²) in [6.07, 6.45) is 0.993. The number of piperidine rings is 1. The quantitative estimate of drug-likeness (QED) is 0.749. The zero-order chi connectivity index (χ0) is 23.3. The van der Waals surface area contributed by atoms with E-state index in [4.69, 9.17) is 14.6 Å². The molecule has 2 saturated heterocycles. The molecule has 0 saturated carbocycles. The summed E-state index contributed by atoms with van der Waals surface area (Å²) in [6.45, 7) is 3.03. The molecule has 2 unspecified atom stereocenters. The number of pyridine rings is 1. The third-order valence-electron chi connectivity index (χ3n) is 5.37. The molecule has 0 bridgehead atoms. The first kappa shape index (κ1) is 23.2. The van der Waals surface area contributed by atoms with Crippen LogP contribution in [0.3, 0.4) is 0 Å². The fourth-order valence-corrected chi connectivity index (χ4v) is 3.78. The van der Waals surface area contributed by atoms with Crippen molar-refractivity contribution in [2.45, 2.75) is 19.1 Å². The SMILES string of the molecule is COc1cc(N2CC3CCN(Cc4ccncc4)C(=O)C3C2)ncn1.O=C(O)C(F)(F)F. The van der Waals surface area contributed by atoms with E-state index in [9.17, 15) is 18.0 Å². The number of rotatable bonds is 4. The molecular formula is C20H22F3N5O4. The number of ether oxygens (including phenoxy) is 1. The van der Waals surface area contributed by atoms with Gasteiger partial charge in [-0.15, -0.1) is 0 Å². The van der Waals surface area contributed by atoms with Crippen molar-refractivity contribution < 1.29 is 32.6 Å². The van der Waals surface area contributed by atoms with Gasteiger partial charge in [-0.05, 0) is 30.0 Å². The van der Waals surface area contributed by atoms with Crippen molar-refractivity contribution in [3.8, 4) is 5.88 Å². The summed E-state index contributed by atoms with van der Waals surface area (Å²) in [5.41, 5.74) is 1.12. The molecule has 0 spiro atoms. The number of aromatic nitrogens is 3. The number of aliphatic carboxylic acids is 1. The van der Waals surface area contributed by atoms with Gasteiger partial charge >= 0.3 is 12.1 Å². The van der Waals surface area contributed by atoms with E-state index in [1.807, 2.05) is 23.1 Å². The van der Waals surface area contributed by atoms with Gasteiger partial charge in [-0.3, -0.25) is 9.78 Å². The Kier molecular flexibility index (Phi) is 7.11. The Labute approximate surface area is 181 Å². The number of carboxylic acid groups (broad SMARTS) is 1. The van der Waals surface area contributed by atoms with E-state index in [0.717, 1.165) is 30.9 Å². The molecule has 1 N–H and O–H groups in total. The lowest BCUT2D eigenvalue weighted by molar-refractivity contribution is -0.192. The second kappa shape index (κ2) is 9.79. The Morgan fingerprint density at radius 1 is 1.25 bits per heavy atom. The first-order chi connectivity index (χ1) is 15.2. The average molecular weight is 453 g/mol. The van der Waals surface area contributed by atoms with Crippen LogP contribution in [0.2, 0.25) is 0 Å². The lowest BCUT2D eigenvalue weighted by Crippen LogP contribution is -2.44. The lowest BCUT2D eigenvalue weighted by atomic mass is 9.88. The number of anilines is 1. The third-order valence-corrected chi connectivity index (χ3v) is 5.37. The maximum Gasteiger partial charge on any atom is 0.490 e. The zero-order valence-corrected chi connectivity index (χ0v) is 17.2. The summed E-state index contributed by atoms with van der Waals surface area (Å²) in [4.78, 5) is 38.4. The molecule has 172 valence electrons. The van der Waals surface area contributed by atoms with Crippen molar-refractivity contribution in [1.29, 1.82) is 0 Å². The van der Waals surface area contributed by atoms with E-state index < -0.39 is 12.1 Å². The van der Waals surface area contributed by atoms with Crippen molar-refractivity contribution in [1.82, 2.24) is 19.9 Å². The van der Waals surface area contributed by atoms with Gasteiger partial charge in [0, 0.05) is 44.6 Å². The van der Waals surface area contributed by atoms with Gasteiger partial charge in [0.05, 0.1) is 13.0 Å². The fraction of sp³-hybridized carbons (Fsp3) is 0.450. The summed E-state index contributed by atoms with van der Waals surface area (Å²) >= 11 is 0. The van der Waals surface area contributed by atoms with Gasteiger partial charge in [0.25, 0.3) is 0 Å². The fourth-order valence-electron chi connectivity index (χ4n) is 3.78. The Hall–Kier alpha value is -3.44. The van der Waals surface area contributed by atoms with Crippen LogP contribution in [0.25, 0.3) is 0 Å². The highest BCUT2D eigenvalue weighted by molar-refractivity contribution is 5.81. The predicted molar refractivity (Wildman–Crippen MR) is 106 cm³/mol. The molecule has 0 aromatic carbocycles. The number of hydrogen-bond donors (Lipinski definition) is 1.